The number of hydrogen-bond donors (Lipinski definition) is 2. The summed E-state index contributed by atoms with van der Waals surface area (Å²) in [6.07, 6.45) is 1.87. The number of rotatable bonds is 3. The normalized spacial score (nSPS) is 18.9. The van der Waals surface area contributed by atoms with Gasteiger partial charge in [-0.25, -0.2) is 0 Å². The first-order valence-corrected chi connectivity index (χ1v) is 8.93. The number of nitrogens with one attached hydrogen (secondary N) is 1. The van der Waals surface area contributed by atoms with E-state index in [2.05, 4.69) is 4.98 Å². The van der Waals surface area contributed by atoms with Crippen LogP contribution in [-0.2, 0) is 12.3 Å². The number of H-pyrrole nitrogens is 1. The van der Waals surface area contributed by atoms with E-state index < -0.39 is 5.72 Å². The van der Waals surface area contributed by atoms with Gasteiger partial charge in [-0.1, -0.05) is 54.6 Å². The van der Waals surface area contributed by atoms with Crippen molar-refractivity contribution in [3.05, 3.63) is 107 Å². The number of aromatic nitrogens is 1. The molecule has 1 atom stereocenters. The average molecular weight is 354 g/mol. The molecule has 2 N–H and O–H groups in total. The SMILES string of the molecule is O=C1c2ccccc2C(O)(c2ccc3[nH]ccc3c2)N1Cc1ccccc1. The van der Waals surface area contributed by atoms with Gasteiger partial charge in [0.05, 0.1) is 0 Å². The van der Waals surface area contributed by atoms with E-state index in [-0.39, 0.29) is 5.91 Å². The fourth-order valence-electron chi connectivity index (χ4n) is 3.95. The molecule has 1 amide bonds. The molecule has 4 heteroatoms. The molecule has 3 aromatic carbocycles. The van der Waals surface area contributed by atoms with Crippen molar-refractivity contribution in [1.29, 1.82) is 0 Å². The molecule has 5 rings (SSSR count). The van der Waals surface area contributed by atoms with E-state index in [9.17, 15) is 9.90 Å². The van der Waals surface area contributed by atoms with E-state index in [1.807, 2.05) is 79.0 Å². The van der Waals surface area contributed by atoms with E-state index in [1.165, 1.54) is 0 Å². The summed E-state index contributed by atoms with van der Waals surface area (Å²) < 4.78 is 0. The first-order valence-electron chi connectivity index (χ1n) is 8.93. The van der Waals surface area contributed by atoms with Crippen LogP contribution in [-0.4, -0.2) is 20.9 Å². The van der Waals surface area contributed by atoms with Crippen LogP contribution in [0.15, 0.2) is 85.1 Å². The molecule has 0 radical (unpaired) electrons. The Hall–Kier alpha value is -3.37. The third-order valence-electron chi connectivity index (χ3n) is 5.31. The van der Waals surface area contributed by atoms with E-state index in [4.69, 9.17) is 0 Å². The zero-order chi connectivity index (χ0) is 18.4. The Morgan fingerprint density at radius 3 is 2.56 bits per heavy atom. The quantitative estimate of drug-likeness (QED) is 0.584. The van der Waals surface area contributed by atoms with Crippen molar-refractivity contribution in [2.45, 2.75) is 12.3 Å². The highest BCUT2D eigenvalue weighted by Crippen LogP contribution is 2.43. The summed E-state index contributed by atoms with van der Waals surface area (Å²) in [5, 5.41) is 12.9. The number of aliphatic hydroxyl groups is 1. The predicted octanol–water partition coefficient (Wildman–Crippen LogP) is 4.02. The number of carbonyl (C=O) groups excluding carboxylic acids is 1. The summed E-state index contributed by atoms with van der Waals surface area (Å²) in [5.41, 5.74) is 2.32. The lowest BCUT2D eigenvalue weighted by Crippen LogP contribution is -2.44. The minimum absolute atomic E-state index is 0.161. The standard InChI is InChI=1S/C23H18N2O2/c26-22-19-8-4-5-9-20(19)23(27,25(22)15-16-6-2-1-3-7-16)18-10-11-21-17(14-18)12-13-24-21/h1-14,24,27H,15H2. The molecule has 0 saturated heterocycles. The minimum atomic E-state index is -1.50. The van der Waals surface area contributed by atoms with Crippen LogP contribution < -0.4 is 0 Å². The van der Waals surface area contributed by atoms with Gasteiger partial charge in [-0.05, 0) is 35.2 Å². The summed E-state index contributed by atoms with van der Waals surface area (Å²) in [5.74, 6) is -0.161. The van der Waals surface area contributed by atoms with Crippen LogP contribution in [0.1, 0.15) is 27.0 Å². The van der Waals surface area contributed by atoms with E-state index >= 15 is 0 Å². The average Bonchev–Trinajstić information content (AvgIpc) is 3.27. The molecule has 0 spiro atoms. The third-order valence-corrected chi connectivity index (χ3v) is 5.31. The van der Waals surface area contributed by atoms with Gasteiger partial charge in [-0.3, -0.25) is 9.69 Å². The largest absolute Gasteiger partial charge is 0.363 e. The molecule has 4 nitrogen and oxygen atoms in total. The Labute approximate surface area is 156 Å². The Morgan fingerprint density at radius 1 is 0.926 bits per heavy atom. The van der Waals surface area contributed by atoms with E-state index in [0.29, 0.717) is 23.2 Å². The minimum Gasteiger partial charge on any atom is -0.363 e. The number of fused-ring (bicyclic) bond motifs is 2. The van der Waals surface area contributed by atoms with Gasteiger partial charge in [-0.2, -0.15) is 0 Å². The zero-order valence-electron chi connectivity index (χ0n) is 14.6. The second-order valence-corrected chi connectivity index (χ2v) is 6.87. The molecule has 4 aromatic rings. The van der Waals surface area contributed by atoms with Gasteiger partial charge in [0, 0.05) is 34.9 Å². The molecule has 1 aliphatic rings. The molecular weight excluding hydrogens is 336 g/mol. The van der Waals surface area contributed by atoms with Crippen LogP contribution in [0.3, 0.4) is 0 Å². The molecule has 0 fully saturated rings. The van der Waals surface area contributed by atoms with Crippen molar-refractivity contribution in [3.63, 3.8) is 0 Å². The fourth-order valence-corrected chi connectivity index (χ4v) is 3.95. The number of carbonyl (C=O) groups is 1. The third kappa shape index (κ3) is 2.31. The molecule has 2 heterocycles. The first kappa shape index (κ1) is 15.9. The van der Waals surface area contributed by atoms with Gasteiger partial charge in [-0.15, -0.1) is 0 Å². The second kappa shape index (κ2) is 5.83. The Bertz CT molecular complexity index is 1150. The fraction of sp³-hybridized carbons (Fsp3) is 0.0870. The van der Waals surface area contributed by atoms with Gasteiger partial charge in [0.2, 0.25) is 0 Å². The number of benzene rings is 3. The maximum atomic E-state index is 13.2. The monoisotopic (exact) mass is 354 g/mol. The molecule has 132 valence electrons. The highest BCUT2D eigenvalue weighted by molar-refractivity contribution is 6.00. The van der Waals surface area contributed by atoms with Crippen molar-refractivity contribution in [1.82, 2.24) is 9.88 Å². The van der Waals surface area contributed by atoms with E-state index in [0.717, 1.165) is 16.5 Å². The molecule has 1 unspecified atom stereocenters. The van der Waals surface area contributed by atoms with Gasteiger partial charge >= 0.3 is 0 Å². The smallest absolute Gasteiger partial charge is 0.257 e. The topological polar surface area (TPSA) is 56.3 Å². The van der Waals surface area contributed by atoms with Gasteiger partial charge < -0.3 is 10.1 Å². The molecule has 0 aliphatic carbocycles. The van der Waals surface area contributed by atoms with Gasteiger partial charge in [0.25, 0.3) is 5.91 Å². The molecule has 27 heavy (non-hydrogen) atoms. The van der Waals surface area contributed by atoms with Crippen LogP contribution in [0.5, 0.6) is 0 Å². The van der Waals surface area contributed by atoms with Gasteiger partial charge in [0.15, 0.2) is 5.72 Å². The number of hydrogen-bond acceptors (Lipinski definition) is 2. The Balaban J connectivity index is 1.70. The summed E-state index contributed by atoms with van der Waals surface area (Å²) in [6.45, 7) is 0.329. The maximum absolute atomic E-state index is 13.2. The summed E-state index contributed by atoms with van der Waals surface area (Å²) in [4.78, 5) is 17.9. The predicted molar refractivity (Wildman–Crippen MR) is 104 cm³/mol. The highest BCUT2D eigenvalue weighted by Gasteiger charge is 2.49. The van der Waals surface area contributed by atoms with Crippen molar-refractivity contribution in [2.24, 2.45) is 0 Å². The van der Waals surface area contributed by atoms with Crippen molar-refractivity contribution in [3.8, 4) is 0 Å². The maximum Gasteiger partial charge on any atom is 0.257 e. The number of aromatic amines is 1. The van der Waals surface area contributed by atoms with Crippen molar-refractivity contribution >= 4 is 16.8 Å². The van der Waals surface area contributed by atoms with Crippen LogP contribution in [0, 0.1) is 0 Å². The lowest BCUT2D eigenvalue weighted by molar-refractivity contribution is -0.0542. The Kier molecular flexibility index (Phi) is 3.42. The van der Waals surface area contributed by atoms with Gasteiger partial charge in [0.1, 0.15) is 0 Å². The molecular formula is C23H18N2O2. The lowest BCUT2D eigenvalue weighted by atomic mass is 9.93. The zero-order valence-corrected chi connectivity index (χ0v) is 14.6. The van der Waals surface area contributed by atoms with Crippen LogP contribution in [0.2, 0.25) is 0 Å². The lowest BCUT2D eigenvalue weighted by Gasteiger charge is -2.35. The number of nitrogens with zero attached hydrogens (tertiary/aromatic N) is 1. The summed E-state index contributed by atoms with van der Waals surface area (Å²) >= 11 is 0. The Morgan fingerprint density at radius 2 is 1.70 bits per heavy atom. The van der Waals surface area contributed by atoms with E-state index in [1.54, 1.807) is 11.0 Å². The molecule has 1 aromatic heterocycles. The second-order valence-electron chi connectivity index (χ2n) is 6.87. The van der Waals surface area contributed by atoms with Crippen molar-refractivity contribution < 1.29 is 9.90 Å². The molecule has 0 bridgehead atoms. The summed E-state index contributed by atoms with van der Waals surface area (Å²) in [7, 11) is 0. The van der Waals surface area contributed by atoms with Crippen LogP contribution in [0.4, 0.5) is 0 Å². The highest BCUT2D eigenvalue weighted by atomic mass is 16.3. The van der Waals surface area contributed by atoms with Crippen LogP contribution >= 0.6 is 0 Å². The molecule has 1 aliphatic heterocycles. The first-order chi connectivity index (χ1) is 13.2. The molecule has 0 saturated carbocycles. The number of amides is 1. The van der Waals surface area contributed by atoms with Crippen molar-refractivity contribution in [2.75, 3.05) is 0 Å². The summed E-state index contributed by atoms with van der Waals surface area (Å²) in [6, 6.07) is 24.8. The van der Waals surface area contributed by atoms with Crippen LogP contribution in [0.25, 0.3) is 10.9 Å².